The van der Waals surface area contributed by atoms with Gasteiger partial charge in [0.2, 0.25) is 0 Å². The first-order chi connectivity index (χ1) is 9.46. The molecule has 0 radical (unpaired) electrons. The van der Waals surface area contributed by atoms with Crippen LogP contribution in [0.4, 0.5) is 0 Å². The predicted octanol–water partition coefficient (Wildman–Crippen LogP) is 1.34. The van der Waals surface area contributed by atoms with Gasteiger partial charge in [-0.15, -0.1) is 0 Å². The standard InChI is InChI=1S/C16H20O4/c1-15-9-7-5(13(17)19-3)6(14(18)20-4)8(10(9)15)12-11(7)16(12,15)2/h5-12H,1-4H3. The van der Waals surface area contributed by atoms with Crippen LogP contribution in [0.15, 0.2) is 0 Å². The van der Waals surface area contributed by atoms with Crippen molar-refractivity contribution in [2.75, 3.05) is 14.2 Å². The van der Waals surface area contributed by atoms with Gasteiger partial charge in [0.05, 0.1) is 26.1 Å². The second-order valence-electron chi connectivity index (χ2n) is 7.92. The summed E-state index contributed by atoms with van der Waals surface area (Å²) in [6.07, 6.45) is 0. The third-order valence-electron chi connectivity index (χ3n) is 8.31. The van der Waals surface area contributed by atoms with E-state index in [1.54, 1.807) is 0 Å². The van der Waals surface area contributed by atoms with Crippen molar-refractivity contribution in [3.63, 3.8) is 0 Å². The minimum atomic E-state index is -0.258. The van der Waals surface area contributed by atoms with Crippen LogP contribution in [0.2, 0.25) is 0 Å². The Morgan fingerprint density at radius 3 is 1.30 bits per heavy atom. The van der Waals surface area contributed by atoms with Gasteiger partial charge in [-0.25, -0.2) is 0 Å². The number of carbonyl (C=O) groups excluding carboxylic acids is 2. The second-order valence-corrected chi connectivity index (χ2v) is 7.92. The first-order valence-corrected chi connectivity index (χ1v) is 7.62. The average Bonchev–Trinajstić information content (AvgIpc) is 3.27. The average molecular weight is 276 g/mol. The van der Waals surface area contributed by atoms with E-state index in [1.165, 1.54) is 14.2 Å². The molecule has 6 aliphatic rings. The molecule has 20 heavy (non-hydrogen) atoms. The molecule has 6 unspecified atom stereocenters. The predicted molar refractivity (Wildman–Crippen MR) is 68.2 cm³/mol. The number of rotatable bonds is 2. The van der Waals surface area contributed by atoms with Gasteiger partial charge in [0.15, 0.2) is 0 Å². The maximum atomic E-state index is 12.3. The molecule has 6 aliphatic carbocycles. The molecular weight excluding hydrogens is 256 g/mol. The Labute approximate surface area is 118 Å². The van der Waals surface area contributed by atoms with E-state index >= 15 is 0 Å². The molecule has 6 atom stereocenters. The lowest BCUT2D eigenvalue weighted by molar-refractivity contribution is -0.171. The molecule has 0 N–H and O–H groups in total. The maximum absolute atomic E-state index is 12.3. The van der Waals surface area contributed by atoms with Crippen LogP contribution in [0.25, 0.3) is 0 Å². The summed E-state index contributed by atoms with van der Waals surface area (Å²) >= 11 is 0. The van der Waals surface area contributed by atoms with Crippen molar-refractivity contribution in [2.45, 2.75) is 13.8 Å². The monoisotopic (exact) mass is 276 g/mol. The van der Waals surface area contributed by atoms with E-state index in [0.29, 0.717) is 46.3 Å². The quantitative estimate of drug-likeness (QED) is 0.714. The Morgan fingerprint density at radius 2 is 1.05 bits per heavy atom. The molecule has 0 aliphatic heterocycles. The SMILES string of the molecule is COC(=O)C1C(C(=O)OC)C2C3C4C1C1C2C1(C)C43C. The third kappa shape index (κ3) is 0.746. The van der Waals surface area contributed by atoms with Crippen LogP contribution in [0.5, 0.6) is 0 Å². The first kappa shape index (κ1) is 11.6. The number of hydrogen-bond acceptors (Lipinski definition) is 4. The first-order valence-electron chi connectivity index (χ1n) is 7.62. The molecule has 0 saturated heterocycles. The number of methoxy groups -OCH3 is 2. The Bertz CT molecular complexity index is 497. The summed E-state index contributed by atoms with van der Waals surface area (Å²) in [5, 5.41) is 0. The molecule has 0 aromatic carbocycles. The van der Waals surface area contributed by atoms with Gasteiger partial charge in [-0.1, -0.05) is 13.8 Å². The topological polar surface area (TPSA) is 52.6 Å². The summed E-state index contributed by atoms with van der Waals surface area (Å²) in [6, 6.07) is 0. The van der Waals surface area contributed by atoms with E-state index in [4.69, 9.17) is 9.47 Å². The summed E-state index contributed by atoms with van der Waals surface area (Å²) in [7, 11) is 2.87. The van der Waals surface area contributed by atoms with Crippen LogP contribution < -0.4 is 0 Å². The summed E-state index contributed by atoms with van der Waals surface area (Å²) in [5.41, 5.74) is 0.763. The Morgan fingerprint density at radius 1 is 0.750 bits per heavy atom. The van der Waals surface area contributed by atoms with Gasteiger partial charge in [0.1, 0.15) is 0 Å². The highest BCUT2D eigenvalue weighted by molar-refractivity contribution is 5.85. The lowest BCUT2D eigenvalue weighted by Gasteiger charge is -2.44. The van der Waals surface area contributed by atoms with Gasteiger partial charge < -0.3 is 9.47 Å². The fraction of sp³-hybridized carbons (Fsp3) is 0.875. The van der Waals surface area contributed by atoms with Crippen molar-refractivity contribution in [2.24, 2.45) is 58.2 Å². The van der Waals surface area contributed by atoms with Gasteiger partial charge >= 0.3 is 11.9 Å². The van der Waals surface area contributed by atoms with Gasteiger partial charge in [0.25, 0.3) is 0 Å². The highest BCUT2D eigenvalue weighted by Gasteiger charge is 3.01. The van der Waals surface area contributed by atoms with Crippen LogP contribution in [-0.4, -0.2) is 26.2 Å². The van der Waals surface area contributed by atoms with Gasteiger partial charge in [-0.05, 0) is 46.3 Å². The summed E-state index contributed by atoms with van der Waals surface area (Å²) in [5.74, 6) is 2.42. The molecule has 6 rings (SSSR count). The largest absolute Gasteiger partial charge is 0.469 e. The van der Waals surface area contributed by atoms with Crippen molar-refractivity contribution < 1.29 is 19.1 Å². The lowest BCUT2D eigenvalue weighted by Crippen LogP contribution is -2.51. The lowest BCUT2D eigenvalue weighted by atomic mass is 9.58. The highest BCUT2D eigenvalue weighted by Crippen LogP contribution is 3.03. The minimum absolute atomic E-state index is 0.197. The van der Waals surface area contributed by atoms with Crippen molar-refractivity contribution in [3.8, 4) is 0 Å². The number of ether oxygens (including phenoxy) is 2. The fourth-order valence-corrected chi connectivity index (χ4v) is 7.85. The van der Waals surface area contributed by atoms with E-state index in [2.05, 4.69) is 13.8 Å². The third-order valence-corrected chi connectivity index (χ3v) is 8.31. The van der Waals surface area contributed by atoms with Crippen LogP contribution in [0.3, 0.4) is 0 Å². The van der Waals surface area contributed by atoms with Gasteiger partial charge in [0, 0.05) is 0 Å². The van der Waals surface area contributed by atoms with Crippen LogP contribution >= 0.6 is 0 Å². The zero-order valence-electron chi connectivity index (χ0n) is 12.3. The smallest absolute Gasteiger partial charge is 0.309 e. The normalized spacial score (nSPS) is 65.8. The zero-order chi connectivity index (χ0) is 14.2. The number of fused-ring (bicyclic) bond motifs is 1. The van der Waals surface area contributed by atoms with E-state index in [0.717, 1.165) is 0 Å². The van der Waals surface area contributed by atoms with Crippen LogP contribution in [-0.2, 0) is 19.1 Å². The minimum Gasteiger partial charge on any atom is -0.469 e. The summed E-state index contributed by atoms with van der Waals surface area (Å²) in [6.45, 7) is 4.78. The molecule has 2 bridgehead atoms. The second kappa shape index (κ2) is 2.79. The zero-order valence-corrected chi connectivity index (χ0v) is 12.3. The van der Waals surface area contributed by atoms with Crippen LogP contribution in [0, 0.1) is 58.2 Å². The molecule has 0 aromatic heterocycles. The van der Waals surface area contributed by atoms with Crippen molar-refractivity contribution in [3.05, 3.63) is 0 Å². The molecule has 0 amide bonds. The van der Waals surface area contributed by atoms with Crippen molar-refractivity contribution in [1.29, 1.82) is 0 Å². The highest BCUT2D eigenvalue weighted by atomic mass is 16.5. The van der Waals surface area contributed by atoms with E-state index in [1.807, 2.05) is 0 Å². The van der Waals surface area contributed by atoms with Crippen LogP contribution in [0.1, 0.15) is 13.8 Å². The summed E-state index contributed by atoms with van der Waals surface area (Å²) < 4.78 is 10.1. The van der Waals surface area contributed by atoms with Crippen molar-refractivity contribution in [1.82, 2.24) is 0 Å². The molecule has 4 nitrogen and oxygen atoms in total. The number of carbonyl (C=O) groups is 2. The fourth-order valence-electron chi connectivity index (χ4n) is 7.85. The molecular formula is C16H20O4. The Balaban J connectivity index is 1.65. The maximum Gasteiger partial charge on any atom is 0.309 e. The van der Waals surface area contributed by atoms with E-state index in [9.17, 15) is 9.59 Å². The Kier molecular flexibility index (Phi) is 1.62. The molecule has 108 valence electrons. The van der Waals surface area contributed by atoms with Gasteiger partial charge in [-0.3, -0.25) is 9.59 Å². The molecule has 0 aromatic rings. The molecule has 0 heterocycles. The molecule has 6 fully saturated rings. The van der Waals surface area contributed by atoms with Crippen molar-refractivity contribution >= 4 is 11.9 Å². The summed E-state index contributed by atoms with van der Waals surface area (Å²) in [4.78, 5) is 24.6. The molecule has 6 saturated carbocycles. The Hall–Kier alpha value is -1.06. The number of hydrogen-bond donors (Lipinski definition) is 0. The number of esters is 2. The van der Waals surface area contributed by atoms with Gasteiger partial charge in [-0.2, -0.15) is 0 Å². The van der Waals surface area contributed by atoms with E-state index in [-0.39, 0.29) is 23.8 Å². The molecule has 0 spiro atoms. The van der Waals surface area contributed by atoms with E-state index < -0.39 is 0 Å². The molecule has 4 heteroatoms.